The molecule has 0 spiro atoms. The van der Waals surface area contributed by atoms with Gasteiger partial charge < -0.3 is 14.6 Å². The third kappa shape index (κ3) is 4.76. The summed E-state index contributed by atoms with van der Waals surface area (Å²) in [6.07, 6.45) is 0. The standard InChI is InChI=1S/C14H23NO5S/c1-12(11-20-3)15(7-8-19-2)21(17,18)14-6-4-5-13(9-14)10-16/h4-6,9,12,16H,7-8,10-11H2,1-3H3. The van der Waals surface area contributed by atoms with Crippen molar-refractivity contribution in [2.45, 2.75) is 24.5 Å². The highest BCUT2D eigenvalue weighted by atomic mass is 32.2. The first kappa shape index (κ1) is 18.1. The first-order valence-electron chi connectivity index (χ1n) is 6.67. The van der Waals surface area contributed by atoms with Crippen molar-refractivity contribution in [3.8, 4) is 0 Å². The van der Waals surface area contributed by atoms with E-state index in [2.05, 4.69) is 0 Å². The number of methoxy groups -OCH3 is 2. The average molecular weight is 317 g/mol. The van der Waals surface area contributed by atoms with Crippen LogP contribution < -0.4 is 0 Å². The predicted molar refractivity (Wildman–Crippen MR) is 79.5 cm³/mol. The zero-order chi connectivity index (χ0) is 15.9. The van der Waals surface area contributed by atoms with Gasteiger partial charge in [0.15, 0.2) is 0 Å². The number of rotatable bonds is 9. The molecular weight excluding hydrogens is 294 g/mol. The summed E-state index contributed by atoms with van der Waals surface area (Å²) in [5.74, 6) is 0. The van der Waals surface area contributed by atoms with E-state index in [9.17, 15) is 8.42 Å². The van der Waals surface area contributed by atoms with Crippen LogP contribution in [0.2, 0.25) is 0 Å². The molecule has 21 heavy (non-hydrogen) atoms. The lowest BCUT2D eigenvalue weighted by Gasteiger charge is -2.27. The quantitative estimate of drug-likeness (QED) is 0.731. The molecule has 1 atom stereocenters. The fourth-order valence-electron chi connectivity index (χ4n) is 2.02. The second kappa shape index (κ2) is 8.45. The van der Waals surface area contributed by atoms with Gasteiger partial charge in [0.05, 0.1) is 24.7 Å². The SMILES string of the molecule is COCCN(C(C)COC)S(=O)(=O)c1cccc(CO)c1. The van der Waals surface area contributed by atoms with Crippen LogP contribution in [0.3, 0.4) is 0 Å². The predicted octanol–water partition coefficient (Wildman–Crippen LogP) is 0.851. The van der Waals surface area contributed by atoms with E-state index >= 15 is 0 Å². The van der Waals surface area contributed by atoms with Crippen molar-refractivity contribution in [2.24, 2.45) is 0 Å². The Bertz CT molecular complexity index is 532. The van der Waals surface area contributed by atoms with E-state index < -0.39 is 10.0 Å². The highest BCUT2D eigenvalue weighted by Crippen LogP contribution is 2.19. The first-order valence-corrected chi connectivity index (χ1v) is 8.11. The van der Waals surface area contributed by atoms with Gasteiger partial charge in [0.1, 0.15) is 0 Å². The largest absolute Gasteiger partial charge is 0.392 e. The number of hydrogen-bond donors (Lipinski definition) is 1. The Kier molecular flexibility index (Phi) is 7.27. The minimum Gasteiger partial charge on any atom is -0.392 e. The molecule has 1 aromatic carbocycles. The highest BCUT2D eigenvalue weighted by Gasteiger charge is 2.28. The van der Waals surface area contributed by atoms with Gasteiger partial charge in [-0.05, 0) is 24.6 Å². The van der Waals surface area contributed by atoms with Gasteiger partial charge in [0.25, 0.3) is 0 Å². The summed E-state index contributed by atoms with van der Waals surface area (Å²) in [7, 11) is -0.607. The van der Waals surface area contributed by atoms with Crippen molar-refractivity contribution in [3.05, 3.63) is 29.8 Å². The molecule has 6 nitrogen and oxygen atoms in total. The molecule has 1 aromatic rings. The van der Waals surface area contributed by atoms with Crippen LogP contribution in [0.4, 0.5) is 0 Å². The van der Waals surface area contributed by atoms with Crippen molar-refractivity contribution in [2.75, 3.05) is 34.0 Å². The Labute approximate surface area is 126 Å². The van der Waals surface area contributed by atoms with Crippen LogP contribution in [0.25, 0.3) is 0 Å². The van der Waals surface area contributed by atoms with E-state index in [0.29, 0.717) is 18.8 Å². The lowest BCUT2D eigenvalue weighted by atomic mass is 10.2. The summed E-state index contributed by atoms with van der Waals surface area (Å²) in [6, 6.07) is 5.99. The number of benzene rings is 1. The summed E-state index contributed by atoms with van der Waals surface area (Å²) in [5, 5.41) is 9.15. The monoisotopic (exact) mass is 317 g/mol. The molecular formula is C14H23NO5S. The molecule has 1 N–H and O–H groups in total. The van der Waals surface area contributed by atoms with Gasteiger partial charge in [-0.3, -0.25) is 0 Å². The summed E-state index contributed by atoms with van der Waals surface area (Å²) >= 11 is 0. The van der Waals surface area contributed by atoms with Crippen LogP contribution in [0.15, 0.2) is 29.2 Å². The molecule has 0 saturated carbocycles. The molecule has 0 heterocycles. The molecule has 1 unspecified atom stereocenters. The fourth-order valence-corrected chi connectivity index (χ4v) is 3.69. The van der Waals surface area contributed by atoms with Gasteiger partial charge in [-0.15, -0.1) is 0 Å². The topological polar surface area (TPSA) is 76.1 Å². The Balaban J connectivity index is 3.12. The maximum atomic E-state index is 12.8. The van der Waals surface area contributed by atoms with Crippen molar-refractivity contribution in [3.63, 3.8) is 0 Å². The average Bonchev–Trinajstić information content (AvgIpc) is 2.47. The molecule has 0 aliphatic rings. The van der Waals surface area contributed by atoms with Crippen molar-refractivity contribution < 1.29 is 23.0 Å². The molecule has 0 bridgehead atoms. The third-order valence-corrected chi connectivity index (χ3v) is 5.11. The number of hydrogen-bond acceptors (Lipinski definition) is 5. The van der Waals surface area contributed by atoms with E-state index in [0.717, 1.165) is 0 Å². The maximum absolute atomic E-state index is 12.8. The van der Waals surface area contributed by atoms with Gasteiger partial charge in [0, 0.05) is 26.8 Å². The van der Waals surface area contributed by atoms with Crippen LogP contribution in [0.1, 0.15) is 12.5 Å². The molecule has 0 saturated heterocycles. The highest BCUT2D eigenvalue weighted by molar-refractivity contribution is 7.89. The van der Waals surface area contributed by atoms with Gasteiger partial charge in [-0.2, -0.15) is 4.31 Å². The van der Waals surface area contributed by atoms with Crippen molar-refractivity contribution in [1.29, 1.82) is 0 Å². The minimum absolute atomic E-state index is 0.160. The molecule has 0 aliphatic heterocycles. The first-order chi connectivity index (χ1) is 9.97. The molecule has 0 radical (unpaired) electrons. The number of aliphatic hydroxyl groups is 1. The number of sulfonamides is 1. The summed E-state index contributed by atoms with van der Waals surface area (Å²) in [6.45, 7) is 2.42. The van der Waals surface area contributed by atoms with Crippen LogP contribution in [-0.2, 0) is 26.1 Å². The van der Waals surface area contributed by atoms with Crippen molar-refractivity contribution >= 4 is 10.0 Å². The maximum Gasteiger partial charge on any atom is 0.243 e. The minimum atomic E-state index is -3.67. The summed E-state index contributed by atoms with van der Waals surface area (Å²) in [5.41, 5.74) is 0.558. The van der Waals surface area contributed by atoms with Gasteiger partial charge in [-0.1, -0.05) is 12.1 Å². The normalized spacial score (nSPS) is 13.6. The van der Waals surface area contributed by atoms with E-state index in [1.807, 2.05) is 0 Å². The molecule has 0 amide bonds. The van der Waals surface area contributed by atoms with Crippen molar-refractivity contribution in [1.82, 2.24) is 4.31 Å². The fraction of sp³-hybridized carbons (Fsp3) is 0.571. The second-order valence-corrected chi connectivity index (χ2v) is 6.61. The Morgan fingerprint density at radius 3 is 2.57 bits per heavy atom. The molecule has 0 aliphatic carbocycles. The van der Waals surface area contributed by atoms with E-state index in [1.165, 1.54) is 30.7 Å². The van der Waals surface area contributed by atoms with Crippen LogP contribution in [0.5, 0.6) is 0 Å². The smallest absolute Gasteiger partial charge is 0.243 e. The Morgan fingerprint density at radius 1 is 1.29 bits per heavy atom. The van der Waals surface area contributed by atoms with Crippen LogP contribution in [-0.4, -0.2) is 57.8 Å². The molecule has 0 aromatic heterocycles. The Morgan fingerprint density at radius 2 is 2.00 bits per heavy atom. The van der Waals surface area contributed by atoms with E-state index in [4.69, 9.17) is 14.6 Å². The second-order valence-electron chi connectivity index (χ2n) is 4.72. The number of ether oxygens (including phenoxy) is 2. The Hall–Kier alpha value is -0.990. The lowest BCUT2D eigenvalue weighted by molar-refractivity contribution is 0.119. The van der Waals surface area contributed by atoms with Crippen LogP contribution in [0, 0.1) is 0 Å². The molecule has 0 fully saturated rings. The zero-order valence-electron chi connectivity index (χ0n) is 12.7. The molecule has 1 rings (SSSR count). The summed E-state index contributed by atoms with van der Waals surface area (Å²) < 4.78 is 36.9. The van der Waals surface area contributed by atoms with Gasteiger partial charge in [0.2, 0.25) is 10.0 Å². The zero-order valence-corrected chi connectivity index (χ0v) is 13.5. The van der Waals surface area contributed by atoms with Crippen LogP contribution >= 0.6 is 0 Å². The molecule has 7 heteroatoms. The summed E-state index contributed by atoms with van der Waals surface area (Å²) in [4.78, 5) is 0.160. The van der Waals surface area contributed by atoms with Gasteiger partial charge in [-0.25, -0.2) is 8.42 Å². The van der Waals surface area contributed by atoms with E-state index in [-0.39, 0.29) is 24.1 Å². The molecule has 120 valence electrons. The lowest BCUT2D eigenvalue weighted by Crippen LogP contribution is -2.42. The van der Waals surface area contributed by atoms with Gasteiger partial charge >= 0.3 is 0 Å². The number of aliphatic hydroxyl groups excluding tert-OH is 1. The third-order valence-electron chi connectivity index (χ3n) is 3.10. The van der Waals surface area contributed by atoms with E-state index in [1.54, 1.807) is 19.1 Å². The number of nitrogens with zero attached hydrogens (tertiary/aromatic N) is 1.